The molecule has 0 saturated heterocycles. The van der Waals surface area contributed by atoms with Gasteiger partial charge in [0.25, 0.3) is 0 Å². The summed E-state index contributed by atoms with van der Waals surface area (Å²) in [5, 5.41) is 2.54. The Kier molecular flexibility index (Phi) is 4.99. The second kappa shape index (κ2) is 7.51. The second-order valence-electron chi connectivity index (χ2n) is 7.61. The molecule has 5 rings (SSSR count). The van der Waals surface area contributed by atoms with Gasteiger partial charge in [-0.15, -0.1) is 0 Å². The maximum absolute atomic E-state index is 12.6. The first kappa shape index (κ1) is 19.3. The molecule has 0 bridgehead atoms. The van der Waals surface area contributed by atoms with E-state index in [0.29, 0.717) is 46.2 Å². The van der Waals surface area contributed by atoms with E-state index in [2.05, 4.69) is 4.90 Å². The number of nitrogens with zero attached hydrogens (tertiary/aromatic N) is 1. The van der Waals surface area contributed by atoms with Crippen LogP contribution in [0.15, 0.2) is 33.5 Å². The van der Waals surface area contributed by atoms with Crippen molar-refractivity contribution in [3.8, 4) is 5.75 Å². The highest BCUT2D eigenvalue weighted by Crippen LogP contribution is 2.41. The smallest absolute Gasteiger partial charge is 0.339 e. The molecule has 3 aromatic rings. The molecule has 1 aliphatic carbocycles. The van der Waals surface area contributed by atoms with Gasteiger partial charge in [0.15, 0.2) is 0 Å². The summed E-state index contributed by atoms with van der Waals surface area (Å²) in [7, 11) is 0. The van der Waals surface area contributed by atoms with Crippen LogP contribution in [-0.4, -0.2) is 11.6 Å². The van der Waals surface area contributed by atoms with Crippen molar-refractivity contribution >= 4 is 45.8 Å². The van der Waals surface area contributed by atoms with Crippen LogP contribution in [0.3, 0.4) is 0 Å². The summed E-state index contributed by atoms with van der Waals surface area (Å²) in [6, 6.07) is 7.47. The third kappa shape index (κ3) is 3.42. The summed E-state index contributed by atoms with van der Waals surface area (Å²) in [4.78, 5) is 14.7. The lowest BCUT2D eigenvalue weighted by Gasteiger charge is -2.30. The normalized spacial score (nSPS) is 16.4. The highest BCUT2D eigenvalue weighted by molar-refractivity contribution is 6.42. The lowest BCUT2D eigenvalue weighted by molar-refractivity contribution is 0.0890. The lowest BCUT2D eigenvalue weighted by atomic mass is 9.90. The Morgan fingerprint density at radius 1 is 0.931 bits per heavy atom. The van der Waals surface area contributed by atoms with Crippen LogP contribution in [0.1, 0.15) is 35.1 Å². The van der Waals surface area contributed by atoms with Crippen molar-refractivity contribution in [2.75, 3.05) is 6.73 Å². The van der Waals surface area contributed by atoms with Crippen LogP contribution in [0.2, 0.25) is 15.1 Å². The average molecular weight is 451 g/mol. The number of fused-ring (bicyclic) bond motifs is 5. The van der Waals surface area contributed by atoms with Crippen LogP contribution in [-0.2, 0) is 25.9 Å². The molecule has 0 spiro atoms. The molecule has 1 aromatic heterocycles. The van der Waals surface area contributed by atoms with Gasteiger partial charge in [-0.25, -0.2) is 4.79 Å². The monoisotopic (exact) mass is 449 g/mol. The molecular weight excluding hydrogens is 433 g/mol. The molecule has 29 heavy (non-hydrogen) atoms. The number of ether oxygens (including phenoxy) is 1. The molecule has 7 heteroatoms. The summed E-state index contributed by atoms with van der Waals surface area (Å²) < 4.78 is 11.7. The summed E-state index contributed by atoms with van der Waals surface area (Å²) >= 11 is 18.7. The zero-order chi connectivity index (χ0) is 20.1. The largest absolute Gasteiger partial charge is 0.476 e. The molecule has 0 atom stereocenters. The Labute approximate surface area is 182 Å². The van der Waals surface area contributed by atoms with E-state index in [0.717, 1.165) is 53.3 Å². The van der Waals surface area contributed by atoms with E-state index < -0.39 is 0 Å². The Morgan fingerprint density at radius 2 is 1.72 bits per heavy atom. The van der Waals surface area contributed by atoms with Gasteiger partial charge in [0.2, 0.25) is 0 Å². The van der Waals surface area contributed by atoms with Crippen LogP contribution in [0, 0.1) is 0 Å². The number of hydrogen-bond donors (Lipinski definition) is 0. The molecule has 4 nitrogen and oxygen atoms in total. The van der Waals surface area contributed by atoms with Crippen molar-refractivity contribution in [3.63, 3.8) is 0 Å². The first-order valence-corrected chi connectivity index (χ1v) is 10.7. The van der Waals surface area contributed by atoms with Gasteiger partial charge in [0, 0.05) is 24.0 Å². The molecule has 1 aliphatic heterocycles. The van der Waals surface area contributed by atoms with Crippen LogP contribution in [0.5, 0.6) is 5.75 Å². The highest BCUT2D eigenvalue weighted by atomic mass is 35.5. The molecule has 0 fully saturated rings. The third-order valence-corrected chi connectivity index (χ3v) is 6.70. The highest BCUT2D eigenvalue weighted by Gasteiger charge is 2.27. The minimum Gasteiger partial charge on any atom is -0.476 e. The van der Waals surface area contributed by atoms with E-state index in [1.54, 1.807) is 6.07 Å². The fraction of sp³-hybridized carbons (Fsp3) is 0.318. The molecule has 2 aromatic carbocycles. The lowest BCUT2D eigenvalue weighted by Crippen LogP contribution is -2.32. The molecule has 0 unspecified atom stereocenters. The van der Waals surface area contributed by atoms with E-state index in [4.69, 9.17) is 44.0 Å². The predicted molar refractivity (Wildman–Crippen MR) is 115 cm³/mol. The quantitative estimate of drug-likeness (QED) is 0.450. The molecule has 0 saturated carbocycles. The molecule has 2 aliphatic rings. The van der Waals surface area contributed by atoms with Gasteiger partial charge in [-0.2, -0.15) is 0 Å². The standard InChI is InChI=1S/C22H18Cl3NO3/c23-17-6-5-12(7-18(17)24)9-26-10-16-20-15(8-19(25)21(16)28-11-26)13-3-1-2-4-14(13)22(27)29-20/h5-8H,1-4,9-11H2. The SMILES string of the molecule is O=c1oc2c3c(c(Cl)cc2c2c1CCCC2)OCN(Cc1ccc(Cl)c(Cl)c1)C3. The summed E-state index contributed by atoms with van der Waals surface area (Å²) in [6.45, 7) is 1.57. The van der Waals surface area contributed by atoms with Gasteiger partial charge in [-0.05, 0) is 55.0 Å². The van der Waals surface area contributed by atoms with E-state index >= 15 is 0 Å². The Hall–Kier alpha value is -1.72. The zero-order valence-electron chi connectivity index (χ0n) is 15.6. The second-order valence-corrected chi connectivity index (χ2v) is 8.83. The first-order valence-electron chi connectivity index (χ1n) is 9.60. The average Bonchev–Trinajstić information content (AvgIpc) is 2.72. The number of benzene rings is 2. The predicted octanol–water partition coefficient (Wildman–Crippen LogP) is 5.98. The van der Waals surface area contributed by atoms with Gasteiger partial charge in [0.1, 0.15) is 18.1 Å². The summed E-state index contributed by atoms with van der Waals surface area (Å²) in [5.41, 5.74) is 4.08. The summed E-state index contributed by atoms with van der Waals surface area (Å²) in [6.07, 6.45) is 3.73. The van der Waals surface area contributed by atoms with Crippen molar-refractivity contribution in [3.05, 3.63) is 72.0 Å². The molecule has 0 N–H and O–H groups in total. The van der Waals surface area contributed by atoms with E-state index in [9.17, 15) is 4.79 Å². The first-order chi connectivity index (χ1) is 14.0. The molecule has 150 valence electrons. The van der Waals surface area contributed by atoms with Crippen molar-refractivity contribution in [2.24, 2.45) is 0 Å². The van der Waals surface area contributed by atoms with Crippen molar-refractivity contribution in [1.82, 2.24) is 4.90 Å². The summed E-state index contributed by atoms with van der Waals surface area (Å²) in [5.74, 6) is 0.600. The third-order valence-electron chi connectivity index (χ3n) is 5.68. The van der Waals surface area contributed by atoms with Crippen molar-refractivity contribution in [1.29, 1.82) is 0 Å². The van der Waals surface area contributed by atoms with Gasteiger partial charge < -0.3 is 9.15 Å². The maximum atomic E-state index is 12.6. The van der Waals surface area contributed by atoms with Gasteiger partial charge in [0.05, 0.1) is 20.6 Å². The molecule has 0 amide bonds. The molecule has 0 radical (unpaired) electrons. The van der Waals surface area contributed by atoms with E-state index in [1.165, 1.54) is 0 Å². The van der Waals surface area contributed by atoms with E-state index in [-0.39, 0.29) is 5.63 Å². The number of rotatable bonds is 2. The van der Waals surface area contributed by atoms with Gasteiger partial charge in [-0.3, -0.25) is 4.90 Å². The van der Waals surface area contributed by atoms with E-state index in [1.807, 2.05) is 18.2 Å². The topological polar surface area (TPSA) is 42.7 Å². The number of hydrogen-bond acceptors (Lipinski definition) is 4. The molecular formula is C22H18Cl3NO3. The van der Waals surface area contributed by atoms with Gasteiger partial charge >= 0.3 is 5.63 Å². The molecule has 2 heterocycles. The Morgan fingerprint density at radius 3 is 2.52 bits per heavy atom. The zero-order valence-corrected chi connectivity index (χ0v) is 17.8. The fourth-order valence-electron chi connectivity index (χ4n) is 4.31. The van der Waals surface area contributed by atoms with Crippen LogP contribution < -0.4 is 10.4 Å². The number of halogens is 3. The maximum Gasteiger partial charge on any atom is 0.339 e. The van der Waals surface area contributed by atoms with Crippen molar-refractivity contribution in [2.45, 2.75) is 38.8 Å². The van der Waals surface area contributed by atoms with Gasteiger partial charge in [-0.1, -0.05) is 40.9 Å². The minimum absolute atomic E-state index is 0.238. The fourth-order valence-corrected chi connectivity index (χ4v) is 4.91. The Balaban J connectivity index is 1.56. The van der Waals surface area contributed by atoms with Crippen LogP contribution in [0.25, 0.3) is 11.0 Å². The van der Waals surface area contributed by atoms with Crippen molar-refractivity contribution < 1.29 is 9.15 Å². The minimum atomic E-state index is -0.238. The number of aryl methyl sites for hydroxylation is 1. The van der Waals surface area contributed by atoms with Crippen LogP contribution >= 0.6 is 34.8 Å². The van der Waals surface area contributed by atoms with Crippen LogP contribution in [0.4, 0.5) is 0 Å². The Bertz CT molecular complexity index is 1190.